The maximum Gasteiger partial charge on any atom is 0.409 e. The number of amides is 3. The summed E-state index contributed by atoms with van der Waals surface area (Å²) >= 11 is 0. The number of carbonyl (C=O) groups excluding carboxylic acids is 3. The Morgan fingerprint density at radius 2 is 1.57 bits per heavy atom. The molecular weight excluding hydrogens is 358 g/mol. The van der Waals surface area contributed by atoms with Crippen LogP contribution in [0.4, 0.5) is 4.79 Å². The molecule has 1 heterocycles. The summed E-state index contributed by atoms with van der Waals surface area (Å²) < 4.78 is 4.98. The van der Waals surface area contributed by atoms with Crippen molar-refractivity contribution < 1.29 is 19.1 Å². The summed E-state index contributed by atoms with van der Waals surface area (Å²) in [5.74, 6) is -0.422. The van der Waals surface area contributed by atoms with Crippen molar-refractivity contribution in [1.82, 2.24) is 15.1 Å². The number of rotatable bonds is 4. The van der Waals surface area contributed by atoms with Gasteiger partial charge in [0.15, 0.2) is 0 Å². The van der Waals surface area contributed by atoms with Gasteiger partial charge < -0.3 is 19.9 Å². The first-order valence-corrected chi connectivity index (χ1v) is 9.75. The molecule has 1 N–H and O–H groups in total. The van der Waals surface area contributed by atoms with Crippen LogP contribution in [0.3, 0.4) is 0 Å². The van der Waals surface area contributed by atoms with Crippen LogP contribution in [-0.2, 0) is 14.9 Å². The van der Waals surface area contributed by atoms with Gasteiger partial charge >= 0.3 is 6.09 Å². The Hall–Kier alpha value is -2.57. The minimum atomic E-state index is -0.635. The topological polar surface area (TPSA) is 79.0 Å². The molecule has 0 unspecified atom stereocenters. The zero-order chi connectivity index (χ0) is 20.9. The van der Waals surface area contributed by atoms with Crippen LogP contribution in [0.25, 0.3) is 0 Å². The van der Waals surface area contributed by atoms with Crippen LogP contribution in [0.1, 0.15) is 50.5 Å². The van der Waals surface area contributed by atoms with Crippen molar-refractivity contribution in [3.63, 3.8) is 0 Å². The highest BCUT2D eigenvalue weighted by molar-refractivity contribution is 5.97. The van der Waals surface area contributed by atoms with Gasteiger partial charge in [-0.1, -0.05) is 32.9 Å². The van der Waals surface area contributed by atoms with E-state index in [9.17, 15) is 14.4 Å². The first-order valence-electron chi connectivity index (χ1n) is 9.75. The Balaban J connectivity index is 1.88. The lowest BCUT2D eigenvalue weighted by Crippen LogP contribution is -2.55. The zero-order valence-electron chi connectivity index (χ0n) is 17.4. The van der Waals surface area contributed by atoms with E-state index in [0.717, 1.165) is 5.56 Å². The third kappa shape index (κ3) is 5.47. The predicted molar refractivity (Wildman–Crippen MR) is 107 cm³/mol. The fourth-order valence-corrected chi connectivity index (χ4v) is 3.06. The Labute approximate surface area is 167 Å². The first kappa shape index (κ1) is 21.7. The third-order valence-electron chi connectivity index (χ3n) is 4.85. The fourth-order valence-electron chi connectivity index (χ4n) is 3.06. The quantitative estimate of drug-likeness (QED) is 0.858. The smallest absolute Gasteiger partial charge is 0.409 e. The molecule has 7 heteroatoms. The Morgan fingerprint density at radius 1 is 1.04 bits per heavy atom. The standard InChI is InChI=1S/C21H31N3O4/c1-6-28-20(27)24-13-11-23(12-14-24)19(26)15(2)22-18(25)16-7-9-17(10-8-16)21(3,4)5/h7-10,15H,6,11-14H2,1-5H3,(H,22,25)/t15-/m0/s1. The average Bonchev–Trinajstić information content (AvgIpc) is 2.67. The summed E-state index contributed by atoms with van der Waals surface area (Å²) in [5.41, 5.74) is 1.69. The van der Waals surface area contributed by atoms with Crippen molar-refractivity contribution in [3.05, 3.63) is 35.4 Å². The summed E-state index contributed by atoms with van der Waals surface area (Å²) in [6.45, 7) is 11.8. The van der Waals surface area contributed by atoms with Gasteiger partial charge in [0.25, 0.3) is 5.91 Å². The molecule has 1 aromatic carbocycles. The van der Waals surface area contributed by atoms with E-state index >= 15 is 0 Å². The molecule has 3 amide bonds. The molecule has 0 aromatic heterocycles. The Morgan fingerprint density at radius 3 is 2.07 bits per heavy atom. The minimum absolute atomic E-state index is 0.0178. The maximum absolute atomic E-state index is 12.6. The number of hydrogen-bond donors (Lipinski definition) is 1. The number of nitrogens with zero attached hydrogens (tertiary/aromatic N) is 2. The molecule has 28 heavy (non-hydrogen) atoms. The SMILES string of the molecule is CCOC(=O)N1CCN(C(=O)[C@H](C)NC(=O)c2ccc(C(C)(C)C)cc2)CC1. The van der Waals surface area contributed by atoms with Gasteiger partial charge in [0.05, 0.1) is 6.61 Å². The summed E-state index contributed by atoms with van der Waals surface area (Å²) in [7, 11) is 0. The van der Waals surface area contributed by atoms with Crippen LogP contribution in [0.15, 0.2) is 24.3 Å². The van der Waals surface area contributed by atoms with Gasteiger partial charge in [0.1, 0.15) is 6.04 Å². The largest absolute Gasteiger partial charge is 0.450 e. The van der Waals surface area contributed by atoms with E-state index in [1.54, 1.807) is 35.8 Å². The van der Waals surface area contributed by atoms with Crippen molar-refractivity contribution >= 4 is 17.9 Å². The van der Waals surface area contributed by atoms with Gasteiger partial charge in [-0.05, 0) is 37.0 Å². The summed E-state index contributed by atoms with van der Waals surface area (Å²) in [4.78, 5) is 40.1. The van der Waals surface area contributed by atoms with Gasteiger partial charge in [-0.25, -0.2) is 4.79 Å². The third-order valence-corrected chi connectivity index (χ3v) is 4.85. The molecule has 0 saturated carbocycles. The fraction of sp³-hybridized carbons (Fsp3) is 0.571. The molecule has 0 bridgehead atoms. The average molecular weight is 389 g/mol. The maximum atomic E-state index is 12.6. The number of benzene rings is 1. The van der Waals surface area contributed by atoms with Crippen LogP contribution < -0.4 is 5.32 Å². The second-order valence-electron chi connectivity index (χ2n) is 8.03. The van der Waals surface area contributed by atoms with E-state index < -0.39 is 6.04 Å². The van der Waals surface area contributed by atoms with Crippen LogP contribution in [0.5, 0.6) is 0 Å². The lowest BCUT2D eigenvalue weighted by Gasteiger charge is -2.35. The number of carbonyl (C=O) groups is 3. The lowest BCUT2D eigenvalue weighted by molar-refractivity contribution is -0.134. The summed E-state index contributed by atoms with van der Waals surface area (Å²) in [6, 6.07) is 6.81. The zero-order valence-corrected chi connectivity index (χ0v) is 17.4. The van der Waals surface area contributed by atoms with Crippen molar-refractivity contribution in [1.29, 1.82) is 0 Å². The molecular formula is C21H31N3O4. The molecule has 1 aliphatic rings. The molecule has 1 aromatic rings. The minimum Gasteiger partial charge on any atom is -0.450 e. The van der Waals surface area contributed by atoms with E-state index in [-0.39, 0.29) is 23.3 Å². The highest BCUT2D eigenvalue weighted by atomic mass is 16.6. The summed E-state index contributed by atoms with van der Waals surface area (Å²) in [6.07, 6.45) is -0.352. The number of nitrogens with one attached hydrogen (secondary N) is 1. The van der Waals surface area contributed by atoms with E-state index in [2.05, 4.69) is 26.1 Å². The monoisotopic (exact) mass is 389 g/mol. The molecule has 0 radical (unpaired) electrons. The van der Waals surface area contributed by atoms with E-state index in [1.807, 2.05) is 12.1 Å². The van der Waals surface area contributed by atoms with E-state index in [0.29, 0.717) is 38.3 Å². The van der Waals surface area contributed by atoms with Crippen LogP contribution >= 0.6 is 0 Å². The normalized spacial score (nSPS) is 15.8. The number of piperazine rings is 1. The van der Waals surface area contributed by atoms with Gasteiger partial charge in [-0.15, -0.1) is 0 Å². The molecule has 1 fully saturated rings. The highest BCUT2D eigenvalue weighted by Gasteiger charge is 2.28. The van der Waals surface area contributed by atoms with Crippen LogP contribution in [0.2, 0.25) is 0 Å². The molecule has 2 rings (SSSR count). The van der Waals surface area contributed by atoms with Crippen LogP contribution in [-0.4, -0.2) is 66.5 Å². The number of ether oxygens (including phenoxy) is 1. The van der Waals surface area contributed by atoms with Gasteiger partial charge in [0.2, 0.25) is 5.91 Å². The van der Waals surface area contributed by atoms with E-state index in [1.165, 1.54) is 0 Å². The Kier molecular flexibility index (Phi) is 7.05. The highest BCUT2D eigenvalue weighted by Crippen LogP contribution is 2.22. The van der Waals surface area contributed by atoms with Gasteiger partial charge in [0, 0.05) is 31.7 Å². The molecule has 1 atom stereocenters. The molecule has 0 aliphatic carbocycles. The molecule has 1 aliphatic heterocycles. The van der Waals surface area contributed by atoms with E-state index in [4.69, 9.17) is 4.74 Å². The molecule has 154 valence electrons. The van der Waals surface area contributed by atoms with Crippen molar-refractivity contribution in [2.24, 2.45) is 0 Å². The first-order chi connectivity index (χ1) is 13.1. The molecule has 7 nitrogen and oxygen atoms in total. The summed E-state index contributed by atoms with van der Waals surface area (Å²) in [5, 5.41) is 2.77. The van der Waals surface area contributed by atoms with Gasteiger partial charge in [-0.3, -0.25) is 9.59 Å². The Bertz CT molecular complexity index is 701. The number of hydrogen-bond acceptors (Lipinski definition) is 4. The predicted octanol–water partition coefficient (Wildman–Crippen LogP) is 2.40. The molecule has 0 spiro atoms. The lowest BCUT2D eigenvalue weighted by atomic mass is 9.86. The van der Waals surface area contributed by atoms with Crippen LogP contribution in [0, 0.1) is 0 Å². The second-order valence-corrected chi connectivity index (χ2v) is 8.03. The second kappa shape index (κ2) is 9.08. The molecule has 1 saturated heterocycles. The van der Waals surface area contributed by atoms with Crippen molar-refractivity contribution in [2.45, 2.75) is 46.1 Å². The van der Waals surface area contributed by atoms with Crippen molar-refractivity contribution in [2.75, 3.05) is 32.8 Å². The van der Waals surface area contributed by atoms with Crippen molar-refractivity contribution in [3.8, 4) is 0 Å². The van der Waals surface area contributed by atoms with Gasteiger partial charge in [-0.2, -0.15) is 0 Å².